The summed E-state index contributed by atoms with van der Waals surface area (Å²) >= 11 is 0. The van der Waals surface area contributed by atoms with Crippen LogP contribution in [0, 0.1) is 11.8 Å². The van der Waals surface area contributed by atoms with Crippen molar-refractivity contribution in [3.05, 3.63) is 24.3 Å². The monoisotopic (exact) mass is 458 g/mol. The number of carbonyl (C=O) groups is 1. The van der Waals surface area contributed by atoms with Crippen LogP contribution in [-0.2, 0) is 14.3 Å². The van der Waals surface area contributed by atoms with E-state index in [-0.39, 0.29) is 5.78 Å². The van der Waals surface area contributed by atoms with Gasteiger partial charge in [0.05, 0.1) is 12.2 Å². The van der Waals surface area contributed by atoms with E-state index in [9.17, 15) is 4.79 Å². The molecule has 0 bridgehead atoms. The highest BCUT2D eigenvalue weighted by Crippen LogP contribution is 2.32. The van der Waals surface area contributed by atoms with Gasteiger partial charge in [0.25, 0.3) is 0 Å². The molecule has 4 heteroatoms. The van der Waals surface area contributed by atoms with Crippen molar-refractivity contribution < 1.29 is 19.4 Å². The molecule has 0 saturated carbocycles. The maximum atomic E-state index is 9.44. The third-order valence-corrected chi connectivity index (χ3v) is 4.27. The molecule has 4 atom stereocenters. The number of hydrogen-bond donors (Lipinski definition) is 1. The van der Waals surface area contributed by atoms with Gasteiger partial charge in [0.15, 0.2) is 0 Å². The average molecular weight is 459 g/mol. The molecule has 2 aliphatic heterocycles. The van der Waals surface area contributed by atoms with Crippen molar-refractivity contribution >= 4 is 5.78 Å². The maximum Gasteiger partial charge on any atom is 0.126 e. The van der Waals surface area contributed by atoms with Gasteiger partial charge in [-0.1, -0.05) is 85.6 Å². The van der Waals surface area contributed by atoms with E-state index in [0.717, 1.165) is 26.2 Å². The number of allylic oxidation sites excluding steroid dienone is 4. The summed E-state index contributed by atoms with van der Waals surface area (Å²) in [6.07, 6.45) is 17.3. The first-order valence-corrected chi connectivity index (χ1v) is 12.8. The number of unbranched alkanes of at least 4 members (excludes halogenated alkanes) is 1. The Hall–Kier alpha value is -0.970. The van der Waals surface area contributed by atoms with E-state index >= 15 is 0 Å². The Morgan fingerprint density at radius 3 is 2.03 bits per heavy atom. The predicted octanol–water partition coefficient (Wildman–Crippen LogP) is 7.79. The zero-order valence-corrected chi connectivity index (χ0v) is 23.4. The molecule has 0 aromatic carbocycles. The van der Waals surface area contributed by atoms with E-state index in [2.05, 4.69) is 45.1 Å². The summed E-state index contributed by atoms with van der Waals surface area (Å²) in [6.45, 7) is 21.8. The van der Waals surface area contributed by atoms with E-state index < -0.39 is 0 Å². The smallest absolute Gasteiger partial charge is 0.126 e. The molecule has 4 nitrogen and oxygen atoms in total. The largest absolute Gasteiger partial charge is 0.400 e. The summed E-state index contributed by atoms with van der Waals surface area (Å²) in [5, 5.41) is 7.00. The Morgan fingerprint density at radius 1 is 1.09 bits per heavy atom. The standard InChI is InChI=1S/C14H24O.C6H12O.C3H6O.2C2H6.CH4O/c1-4-6-8-9-12(3)11-14-13(15-14)10-7-5-2;1-6-3-2-4-7-5-6;1-3(2)4;3*1-2/h4,6,8-9,12-14H,5,7,10-11H2,1-3H3;6H,2-5H2,1H3;1-2H3;2*1-2H3;2H,1H3/b6-4-,9-8+;;;;;. The lowest BCUT2D eigenvalue weighted by molar-refractivity contribution is -0.114. The molecule has 0 radical (unpaired) electrons. The highest BCUT2D eigenvalue weighted by molar-refractivity contribution is 5.72. The van der Waals surface area contributed by atoms with Crippen LogP contribution in [0.4, 0.5) is 0 Å². The highest BCUT2D eigenvalue weighted by Gasteiger charge is 2.37. The Morgan fingerprint density at radius 2 is 1.66 bits per heavy atom. The van der Waals surface area contributed by atoms with Gasteiger partial charge in [0, 0.05) is 20.3 Å². The molecule has 4 unspecified atom stereocenters. The number of rotatable bonds is 7. The molecule has 2 rings (SSSR count). The fourth-order valence-electron chi connectivity index (χ4n) is 2.76. The van der Waals surface area contributed by atoms with Gasteiger partial charge in [0.2, 0.25) is 0 Å². The van der Waals surface area contributed by atoms with Crippen molar-refractivity contribution in [2.45, 2.75) is 120 Å². The van der Waals surface area contributed by atoms with Crippen LogP contribution in [0.25, 0.3) is 0 Å². The molecule has 0 aliphatic carbocycles. The van der Waals surface area contributed by atoms with Crippen molar-refractivity contribution in [2.75, 3.05) is 20.3 Å². The zero-order valence-electron chi connectivity index (χ0n) is 23.4. The number of carbonyl (C=O) groups excluding carboxylic acids is 1. The Bertz CT molecular complexity index is 394. The Balaban J connectivity index is -0.000000192. The third kappa shape index (κ3) is 33.7. The summed E-state index contributed by atoms with van der Waals surface area (Å²) in [7, 11) is 1.00. The lowest BCUT2D eigenvalue weighted by Gasteiger charge is -2.16. The second-order valence-electron chi connectivity index (χ2n) is 7.71. The molecule has 2 heterocycles. The van der Waals surface area contributed by atoms with Crippen LogP contribution in [0.5, 0.6) is 0 Å². The van der Waals surface area contributed by atoms with Crippen LogP contribution >= 0.6 is 0 Å². The Kier molecular flexibility index (Phi) is 38.6. The fraction of sp³-hybridized carbons (Fsp3) is 0.821. The van der Waals surface area contributed by atoms with Gasteiger partial charge in [-0.15, -0.1) is 0 Å². The minimum atomic E-state index is 0.167. The van der Waals surface area contributed by atoms with Crippen LogP contribution in [-0.4, -0.2) is 43.4 Å². The van der Waals surface area contributed by atoms with E-state index in [4.69, 9.17) is 14.6 Å². The molecule has 194 valence electrons. The van der Waals surface area contributed by atoms with E-state index in [1.165, 1.54) is 52.4 Å². The van der Waals surface area contributed by atoms with Crippen molar-refractivity contribution in [3.8, 4) is 0 Å². The second-order valence-corrected chi connectivity index (χ2v) is 7.71. The molecule has 0 aromatic rings. The van der Waals surface area contributed by atoms with Crippen LogP contribution in [0.2, 0.25) is 0 Å². The number of aliphatic hydroxyl groups is 1. The lowest BCUT2D eigenvalue weighted by Crippen LogP contribution is -2.13. The quantitative estimate of drug-likeness (QED) is 0.312. The molecule has 1 N–H and O–H groups in total. The number of hydrogen-bond acceptors (Lipinski definition) is 4. The number of aliphatic hydroxyl groups excluding tert-OH is 1. The van der Waals surface area contributed by atoms with Gasteiger partial charge in [-0.3, -0.25) is 0 Å². The first-order chi connectivity index (χ1) is 15.4. The van der Waals surface area contributed by atoms with E-state index in [1.807, 2.05) is 34.6 Å². The normalized spacial score (nSPS) is 21.6. The molecule has 2 fully saturated rings. The number of ketones is 1. The van der Waals surface area contributed by atoms with E-state index in [1.54, 1.807) is 0 Å². The SMILES string of the molecule is C/C=C\C=C\C(C)CC1OC1CCCC.CC.CC.CC(C)=O.CC1CCCOC1.CO. The fourth-order valence-corrected chi connectivity index (χ4v) is 2.76. The molecule has 0 spiro atoms. The second kappa shape index (κ2) is 32.2. The summed E-state index contributed by atoms with van der Waals surface area (Å²) in [6, 6.07) is 0. The third-order valence-electron chi connectivity index (χ3n) is 4.27. The molecule has 2 saturated heterocycles. The van der Waals surface area contributed by atoms with Crippen LogP contribution in [0.1, 0.15) is 108 Å². The molecular formula is C28H58O4. The van der Waals surface area contributed by atoms with Gasteiger partial charge < -0.3 is 19.4 Å². The maximum absolute atomic E-state index is 9.44. The van der Waals surface area contributed by atoms with Crippen molar-refractivity contribution in [2.24, 2.45) is 11.8 Å². The average Bonchev–Trinajstić information content (AvgIpc) is 3.54. The van der Waals surface area contributed by atoms with Crippen LogP contribution in [0.15, 0.2) is 24.3 Å². The van der Waals surface area contributed by atoms with E-state index in [0.29, 0.717) is 18.1 Å². The topological polar surface area (TPSA) is 59.1 Å². The number of ether oxygens (including phenoxy) is 2. The molecule has 2 aliphatic rings. The summed E-state index contributed by atoms with van der Waals surface area (Å²) < 4.78 is 10.8. The molecule has 32 heavy (non-hydrogen) atoms. The summed E-state index contributed by atoms with van der Waals surface area (Å²) in [4.78, 5) is 9.44. The predicted molar refractivity (Wildman–Crippen MR) is 142 cm³/mol. The van der Waals surface area contributed by atoms with Gasteiger partial charge in [-0.2, -0.15) is 0 Å². The first-order valence-electron chi connectivity index (χ1n) is 12.8. The number of epoxide rings is 1. The van der Waals surface area contributed by atoms with Crippen LogP contribution < -0.4 is 0 Å². The van der Waals surface area contributed by atoms with Crippen molar-refractivity contribution in [1.29, 1.82) is 0 Å². The van der Waals surface area contributed by atoms with Gasteiger partial charge >= 0.3 is 0 Å². The minimum absolute atomic E-state index is 0.167. The minimum Gasteiger partial charge on any atom is -0.400 e. The van der Waals surface area contributed by atoms with Crippen LogP contribution in [0.3, 0.4) is 0 Å². The summed E-state index contributed by atoms with van der Waals surface area (Å²) in [5.41, 5.74) is 0. The van der Waals surface area contributed by atoms with Gasteiger partial charge in [-0.25, -0.2) is 0 Å². The van der Waals surface area contributed by atoms with Crippen molar-refractivity contribution in [3.63, 3.8) is 0 Å². The highest BCUT2D eigenvalue weighted by atomic mass is 16.6. The van der Waals surface area contributed by atoms with Crippen molar-refractivity contribution in [1.82, 2.24) is 0 Å². The molecule has 0 aromatic heterocycles. The number of Topliss-reactive ketones (excluding diaryl/α,β-unsaturated/α-hetero) is 1. The lowest BCUT2D eigenvalue weighted by atomic mass is 10.0. The first kappa shape index (κ1) is 38.3. The Labute approximate surface area is 201 Å². The summed E-state index contributed by atoms with van der Waals surface area (Å²) in [5.74, 6) is 1.62. The molecule has 0 amide bonds. The van der Waals surface area contributed by atoms with Gasteiger partial charge in [0.1, 0.15) is 5.78 Å². The van der Waals surface area contributed by atoms with Gasteiger partial charge in [-0.05, 0) is 58.3 Å². The molecular weight excluding hydrogens is 400 g/mol. The zero-order chi connectivity index (χ0) is 25.8.